The van der Waals surface area contributed by atoms with E-state index in [0.717, 1.165) is 29.5 Å². The number of nitriles is 1. The van der Waals surface area contributed by atoms with Crippen LogP contribution in [0, 0.1) is 23.1 Å². The fourth-order valence-corrected chi connectivity index (χ4v) is 5.03. The van der Waals surface area contributed by atoms with Gasteiger partial charge in [-0.3, -0.25) is 4.79 Å². The lowest BCUT2D eigenvalue weighted by Crippen LogP contribution is -2.38. The second-order valence-corrected chi connectivity index (χ2v) is 10.6. The standard InChI is InChI=1S/C32H29F4N5O/c1-2-20-5-4-8-25(16-20)41-28(18-29(40-41)32(34,35)36)30(42)39-27-17-24(11-12-26(27)33)31(38,14-13-21-9-10-21)23-7-3-6-22(15-23)19-37/h3-8,11-12,15-18,21H,2,9-10,13-14,38H2,1H3,(H,39,42). The molecule has 1 aromatic heterocycles. The van der Waals surface area contributed by atoms with Gasteiger partial charge >= 0.3 is 6.18 Å². The lowest BCUT2D eigenvalue weighted by atomic mass is 9.79. The summed E-state index contributed by atoms with van der Waals surface area (Å²) in [6.07, 6.45) is -0.628. The van der Waals surface area contributed by atoms with Gasteiger partial charge in [0.1, 0.15) is 11.5 Å². The van der Waals surface area contributed by atoms with Crippen molar-refractivity contribution in [3.05, 3.63) is 112 Å². The summed E-state index contributed by atoms with van der Waals surface area (Å²) < 4.78 is 56.9. The first-order chi connectivity index (χ1) is 20.0. The van der Waals surface area contributed by atoms with Crippen LogP contribution in [0.4, 0.5) is 23.2 Å². The van der Waals surface area contributed by atoms with Gasteiger partial charge in [-0.05, 0) is 78.3 Å². The number of alkyl halides is 3. The molecule has 0 bridgehead atoms. The molecule has 0 spiro atoms. The number of rotatable bonds is 9. The number of halogens is 4. The number of hydrogen-bond donors (Lipinski definition) is 2. The number of nitrogens with zero attached hydrogens (tertiary/aromatic N) is 3. The predicted molar refractivity (Wildman–Crippen MR) is 150 cm³/mol. The molecule has 216 valence electrons. The maximum absolute atomic E-state index is 15.1. The molecule has 6 nitrogen and oxygen atoms in total. The number of hydrogen-bond acceptors (Lipinski definition) is 4. The van der Waals surface area contributed by atoms with E-state index in [9.17, 15) is 23.2 Å². The number of anilines is 1. The van der Waals surface area contributed by atoms with Crippen LogP contribution >= 0.6 is 0 Å². The quantitative estimate of drug-likeness (QED) is 0.208. The minimum atomic E-state index is -4.80. The summed E-state index contributed by atoms with van der Waals surface area (Å²) in [6, 6.07) is 20.4. The highest BCUT2D eigenvalue weighted by Gasteiger charge is 2.37. The van der Waals surface area contributed by atoms with Crippen LogP contribution in [0.2, 0.25) is 0 Å². The monoisotopic (exact) mass is 575 g/mol. The van der Waals surface area contributed by atoms with Crippen molar-refractivity contribution >= 4 is 11.6 Å². The molecule has 1 unspecified atom stereocenters. The van der Waals surface area contributed by atoms with E-state index in [1.807, 2.05) is 13.0 Å². The highest BCUT2D eigenvalue weighted by molar-refractivity contribution is 6.03. The Hall–Kier alpha value is -4.49. The van der Waals surface area contributed by atoms with E-state index < -0.39 is 34.8 Å². The van der Waals surface area contributed by atoms with Crippen molar-refractivity contribution in [2.45, 2.75) is 50.7 Å². The molecule has 42 heavy (non-hydrogen) atoms. The van der Waals surface area contributed by atoms with Crippen molar-refractivity contribution in [3.63, 3.8) is 0 Å². The van der Waals surface area contributed by atoms with Crippen LogP contribution in [-0.2, 0) is 18.1 Å². The van der Waals surface area contributed by atoms with Gasteiger partial charge in [-0.1, -0.05) is 50.1 Å². The molecule has 4 aromatic rings. The van der Waals surface area contributed by atoms with Crippen LogP contribution in [0.3, 0.4) is 0 Å². The topological polar surface area (TPSA) is 96.7 Å². The SMILES string of the molecule is CCc1cccc(-n2nc(C(F)(F)F)cc2C(=O)Nc2cc(C(N)(CCC3CC3)c3cccc(C#N)c3)ccc2F)c1. The van der Waals surface area contributed by atoms with Gasteiger partial charge in [-0.25, -0.2) is 9.07 Å². The fourth-order valence-electron chi connectivity index (χ4n) is 5.03. The van der Waals surface area contributed by atoms with Crippen LogP contribution in [0.15, 0.2) is 72.8 Å². The molecule has 1 saturated carbocycles. The fraction of sp³-hybridized carbons (Fsp3) is 0.281. The van der Waals surface area contributed by atoms with Crippen molar-refractivity contribution in [3.8, 4) is 11.8 Å². The van der Waals surface area contributed by atoms with E-state index in [-0.39, 0.29) is 11.4 Å². The molecule has 1 aliphatic rings. The molecule has 1 fully saturated rings. The average molecular weight is 576 g/mol. The van der Waals surface area contributed by atoms with Gasteiger partial charge in [0.2, 0.25) is 0 Å². The van der Waals surface area contributed by atoms with Gasteiger partial charge in [-0.2, -0.15) is 23.5 Å². The Morgan fingerprint density at radius 3 is 2.50 bits per heavy atom. The lowest BCUT2D eigenvalue weighted by molar-refractivity contribution is -0.141. The number of carbonyl (C=O) groups excluding carboxylic acids is 1. The van der Waals surface area contributed by atoms with Gasteiger partial charge in [0, 0.05) is 6.07 Å². The number of nitrogens with two attached hydrogens (primary N) is 1. The third-order valence-corrected chi connectivity index (χ3v) is 7.68. The molecule has 1 atom stereocenters. The van der Waals surface area contributed by atoms with E-state index in [2.05, 4.69) is 16.5 Å². The Labute approximate surface area is 240 Å². The summed E-state index contributed by atoms with van der Waals surface area (Å²) in [5.41, 5.74) is 6.69. The minimum absolute atomic E-state index is 0.237. The maximum Gasteiger partial charge on any atom is 0.435 e. The van der Waals surface area contributed by atoms with Crippen LogP contribution in [0.25, 0.3) is 5.69 Å². The van der Waals surface area contributed by atoms with Gasteiger partial charge < -0.3 is 11.1 Å². The van der Waals surface area contributed by atoms with Gasteiger partial charge in [-0.15, -0.1) is 0 Å². The predicted octanol–water partition coefficient (Wildman–Crippen LogP) is 7.11. The Morgan fingerprint density at radius 2 is 1.81 bits per heavy atom. The summed E-state index contributed by atoms with van der Waals surface area (Å²) in [5, 5.41) is 15.5. The summed E-state index contributed by atoms with van der Waals surface area (Å²) in [5.74, 6) is -1.21. The molecule has 3 N–H and O–H groups in total. The normalized spacial score (nSPS) is 14.7. The number of nitrogens with one attached hydrogen (secondary N) is 1. The molecule has 0 saturated heterocycles. The summed E-state index contributed by atoms with van der Waals surface area (Å²) in [7, 11) is 0. The Kier molecular flexibility index (Phi) is 7.89. The van der Waals surface area contributed by atoms with E-state index in [1.54, 1.807) is 42.5 Å². The second-order valence-electron chi connectivity index (χ2n) is 10.6. The maximum atomic E-state index is 15.1. The smallest absolute Gasteiger partial charge is 0.318 e. The third-order valence-electron chi connectivity index (χ3n) is 7.68. The zero-order valence-corrected chi connectivity index (χ0v) is 22.9. The summed E-state index contributed by atoms with van der Waals surface area (Å²) in [6.45, 7) is 1.89. The van der Waals surface area contributed by atoms with Crippen molar-refractivity contribution in [1.82, 2.24) is 9.78 Å². The van der Waals surface area contributed by atoms with Gasteiger partial charge in [0.15, 0.2) is 5.69 Å². The van der Waals surface area contributed by atoms with Crippen molar-refractivity contribution in [2.75, 3.05) is 5.32 Å². The second kappa shape index (κ2) is 11.4. The number of amides is 1. The largest absolute Gasteiger partial charge is 0.435 e. The molecule has 0 radical (unpaired) electrons. The highest BCUT2D eigenvalue weighted by atomic mass is 19.4. The zero-order valence-electron chi connectivity index (χ0n) is 22.9. The van der Waals surface area contributed by atoms with Gasteiger partial charge in [0.05, 0.1) is 28.5 Å². The molecule has 0 aliphatic heterocycles. The first-order valence-corrected chi connectivity index (χ1v) is 13.7. The Balaban J connectivity index is 1.53. The molecule has 10 heteroatoms. The van der Waals surface area contributed by atoms with Crippen molar-refractivity contribution < 1.29 is 22.4 Å². The number of aryl methyl sites for hydroxylation is 1. The van der Waals surface area contributed by atoms with E-state index in [0.29, 0.717) is 41.5 Å². The molecule has 1 amide bonds. The van der Waals surface area contributed by atoms with Crippen molar-refractivity contribution in [1.29, 1.82) is 5.26 Å². The zero-order chi connectivity index (χ0) is 30.1. The molecule has 3 aromatic carbocycles. The van der Waals surface area contributed by atoms with Crippen LogP contribution < -0.4 is 11.1 Å². The van der Waals surface area contributed by atoms with Crippen molar-refractivity contribution in [2.24, 2.45) is 11.7 Å². The highest BCUT2D eigenvalue weighted by Crippen LogP contribution is 2.41. The van der Waals surface area contributed by atoms with E-state index >= 15 is 4.39 Å². The van der Waals surface area contributed by atoms with E-state index in [1.165, 1.54) is 18.2 Å². The number of benzene rings is 3. The molecule has 1 heterocycles. The average Bonchev–Trinajstić information content (AvgIpc) is 3.70. The Bertz CT molecular complexity index is 1670. The molecule has 1 aliphatic carbocycles. The third kappa shape index (κ3) is 6.06. The number of aromatic nitrogens is 2. The van der Waals surface area contributed by atoms with Crippen LogP contribution in [0.5, 0.6) is 0 Å². The molecular weight excluding hydrogens is 546 g/mol. The Morgan fingerprint density at radius 1 is 1.07 bits per heavy atom. The molecule has 5 rings (SSSR count). The van der Waals surface area contributed by atoms with Crippen LogP contribution in [-0.4, -0.2) is 15.7 Å². The number of carbonyl (C=O) groups is 1. The minimum Gasteiger partial charge on any atom is -0.318 e. The summed E-state index contributed by atoms with van der Waals surface area (Å²) in [4.78, 5) is 13.4. The first kappa shape index (κ1) is 29.0. The summed E-state index contributed by atoms with van der Waals surface area (Å²) >= 11 is 0. The lowest BCUT2D eigenvalue weighted by Gasteiger charge is -2.32. The van der Waals surface area contributed by atoms with E-state index in [4.69, 9.17) is 5.73 Å². The van der Waals surface area contributed by atoms with Crippen LogP contribution in [0.1, 0.15) is 71.0 Å². The van der Waals surface area contributed by atoms with Gasteiger partial charge in [0.25, 0.3) is 5.91 Å². The first-order valence-electron chi connectivity index (χ1n) is 13.7. The molecular formula is C32H29F4N5O.